The van der Waals surface area contributed by atoms with E-state index in [1.165, 1.54) is 43.1 Å². The van der Waals surface area contributed by atoms with Crippen LogP contribution in [0.5, 0.6) is 0 Å². The molecule has 2 aliphatic heterocycles. The van der Waals surface area contributed by atoms with Gasteiger partial charge in [0.25, 0.3) is 0 Å². The van der Waals surface area contributed by atoms with Gasteiger partial charge in [-0.15, -0.1) is 0 Å². The fourth-order valence-electron chi connectivity index (χ4n) is 9.99. The highest BCUT2D eigenvalue weighted by atomic mass is 28.3. The first kappa shape index (κ1) is 38.8. The van der Waals surface area contributed by atoms with Gasteiger partial charge in [-0.3, -0.25) is 0 Å². The number of rotatable bonds is 11. The van der Waals surface area contributed by atoms with Crippen LogP contribution in [0.15, 0.2) is 196 Å². The van der Waals surface area contributed by atoms with Crippen LogP contribution in [0, 0.1) is 0 Å². The molecule has 4 aromatic heterocycles. The van der Waals surface area contributed by atoms with Gasteiger partial charge in [0.2, 0.25) is 0 Å². The van der Waals surface area contributed by atoms with Crippen LogP contribution in [-0.4, -0.2) is 56.0 Å². The van der Waals surface area contributed by atoms with E-state index in [0.717, 1.165) is 56.6 Å². The highest BCUT2D eigenvalue weighted by Crippen LogP contribution is 2.61. The molecule has 0 radical (unpaired) electrons. The van der Waals surface area contributed by atoms with Gasteiger partial charge in [0, 0.05) is 71.8 Å². The molecule has 0 aliphatic carbocycles. The molecule has 0 N–H and O–H groups in total. The van der Waals surface area contributed by atoms with E-state index in [0.29, 0.717) is 0 Å². The number of allylic oxidation sites excluding steroid dienone is 4. The molecule has 0 saturated carbocycles. The number of nitrogens with zero attached hydrogens (tertiary/aromatic N) is 8. The predicted molar refractivity (Wildman–Crippen MR) is 254 cm³/mol. The minimum absolute atomic E-state index is 0.898. The Bertz CT molecular complexity index is 2580. The van der Waals surface area contributed by atoms with Crippen LogP contribution in [0.3, 0.4) is 0 Å². The van der Waals surface area contributed by atoms with Crippen molar-refractivity contribution in [3.8, 4) is 0 Å². The Hall–Kier alpha value is -7.41. The summed E-state index contributed by atoms with van der Waals surface area (Å²) in [6.45, 7) is 5.09. The summed E-state index contributed by atoms with van der Waals surface area (Å²) >= 11 is 0. The van der Waals surface area contributed by atoms with E-state index in [1.54, 1.807) is 25.3 Å². The van der Waals surface area contributed by atoms with Crippen LogP contribution in [0.1, 0.15) is 44.5 Å². The Morgan fingerprint density at radius 3 is 0.661 bits per heavy atom. The third kappa shape index (κ3) is 6.79. The van der Waals surface area contributed by atoms with Gasteiger partial charge < -0.3 is 0 Å². The second kappa shape index (κ2) is 16.6. The number of aromatic nitrogens is 8. The van der Waals surface area contributed by atoms with Crippen LogP contribution in [0.25, 0.3) is 43.1 Å². The van der Waals surface area contributed by atoms with Crippen molar-refractivity contribution >= 4 is 59.2 Å². The quantitative estimate of drug-likeness (QED) is 0.119. The molecule has 0 unspecified atom stereocenters. The van der Waals surface area contributed by atoms with E-state index in [-0.39, 0.29) is 0 Å². The van der Waals surface area contributed by atoms with Crippen molar-refractivity contribution in [1.29, 1.82) is 0 Å². The molecule has 10 rings (SSSR count). The summed E-state index contributed by atoms with van der Waals surface area (Å²) in [5, 5.41) is 5.25. The monoisotopic (exact) mass is 834 g/mol. The van der Waals surface area contributed by atoms with Gasteiger partial charge in [0.1, 0.15) is 41.5 Å². The Morgan fingerprint density at radius 2 is 0.468 bits per heavy atom. The van der Waals surface area contributed by atoms with Crippen LogP contribution in [0.4, 0.5) is 0 Å². The Labute approximate surface area is 363 Å². The number of hydrogen-bond donors (Lipinski definition) is 0. The molecule has 2 aliphatic rings. The van der Waals surface area contributed by atoms with Crippen LogP contribution in [-0.2, 0) is 0 Å². The van der Waals surface area contributed by atoms with E-state index in [1.807, 2.05) is 49.6 Å². The van der Waals surface area contributed by atoms with Crippen LogP contribution < -0.4 is 0 Å². The highest BCUT2D eigenvalue weighted by molar-refractivity contribution is 7.17. The van der Waals surface area contributed by atoms with Gasteiger partial charge >= 0.3 is 0 Å². The zero-order valence-electron chi connectivity index (χ0n) is 34.5. The van der Waals surface area contributed by atoms with Gasteiger partial charge in [-0.2, -0.15) is 0 Å². The molecule has 8 nitrogen and oxygen atoms in total. The van der Waals surface area contributed by atoms with Crippen molar-refractivity contribution in [2.75, 3.05) is 0 Å². The highest BCUT2D eigenvalue weighted by Gasteiger charge is 2.52. The second-order valence-electron chi connectivity index (χ2n) is 16.1. The summed E-state index contributed by atoms with van der Waals surface area (Å²) in [7, 11) is -5.74. The van der Waals surface area contributed by atoms with Crippen molar-refractivity contribution in [2.45, 2.75) is 25.2 Å². The third-order valence-corrected chi connectivity index (χ3v) is 22.0. The topological polar surface area (TPSA) is 103 Å². The number of hydrogen-bond acceptors (Lipinski definition) is 8. The first-order chi connectivity index (χ1) is 30.6. The molecule has 0 fully saturated rings. The lowest BCUT2D eigenvalue weighted by molar-refractivity contribution is 1.15. The first-order valence-electron chi connectivity index (χ1n) is 20.8. The van der Waals surface area contributed by atoms with Crippen molar-refractivity contribution in [3.63, 3.8) is 0 Å². The van der Waals surface area contributed by atoms with Gasteiger partial charge in [0.05, 0.1) is 0 Å². The predicted octanol–water partition coefficient (Wildman–Crippen LogP) is 10.9. The molecular weight excluding hydrogens is 793 g/mol. The first-order valence-corrected chi connectivity index (χ1v) is 26.2. The van der Waals surface area contributed by atoms with Crippen molar-refractivity contribution < 1.29 is 0 Å². The van der Waals surface area contributed by atoms with Crippen molar-refractivity contribution in [1.82, 2.24) is 39.9 Å². The average molecular weight is 835 g/mol. The standard InChI is InChI=1S/C52H42N8Si2/c1-61(49(41-25-53-33-54-26-41)45(37-15-7-3-8-16-37)46(38-17-9-4-10-18-38)50(61)42-27-55-34-56-28-42)23-24-62(2)51(43-29-57-35-58-30-43)47(39-19-11-5-12-20-39)48(40-21-13-6-14-22-40)52(62)44-31-59-36-60-32-44/h3-22,25-36H,23-24H2,1-2H3. The van der Waals surface area contributed by atoms with Gasteiger partial charge in [-0.1, -0.05) is 147 Å². The molecule has 4 aromatic carbocycles. The minimum atomic E-state index is -2.87. The van der Waals surface area contributed by atoms with E-state index in [9.17, 15) is 0 Å². The molecular formula is C52H42N8Si2. The smallest absolute Gasteiger partial charge is 0.118 e. The summed E-state index contributed by atoms with van der Waals surface area (Å²) in [5.41, 5.74) is 13.6. The third-order valence-electron chi connectivity index (χ3n) is 12.5. The Morgan fingerprint density at radius 1 is 0.274 bits per heavy atom. The molecule has 62 heavy (non-hydrogen) atoms. The van der Waals surface area contributed by atoms with Crippen molar-refractivity contribution in [2.24, 2.45) is 0 Å². The lowest BCUT2D eigenvalue weighted by atomic mass is 9.90. The maximum Gasteiger partial charge on any atom is 0.118 e. The molecule has 298 valence electrons. The molecule has 0 bridgehead atoms. The van der Waals surface area contributed by atoms with E-state index in [2.05, 4.69) is 174 Å². The van der Waals surface area contributed by atoms with Crippen molar-refractivity contribution in [3.05, 3.63) is 241 Å². The molecule has 8 aromatic rings. The summed E-state index contributed by atoms with van der Waals surface area (Å²) in [6, 6.07) is 45.1. The fraction of sp³-hybridized carbons (Fsp3) is 0.0769. The summed E-state index contributed by atoms with van der Waals surface area (Å²) in [6.07, 6.45) is 22.5. The Balaban J connectivity index is 1.29. The molecule has 0 saturated heterocycles. The van der Waals surface area contributed by atoms with E-state index >= 15 is 0 Å². The van der Waals surface area contributed by atoms with Gasteiger partial charge in [0.15, 0.2) is 0 Å². The SMILES string of the molecule is C[Si]1(CC[Si]2(C)C(c3cncnc3)=C(c3ccccc3)C(c3ccccc3)=C2c2cncnc2)C(c2cncnc2)=C(c2ccccc2)C(c2ccccc2)=C1c1cncnc1. The lowest BCUT2D eigenvalue weighted by Gasteiger charge is -2.36. The maximum absolute atomic E-state index is 4.66. The van der Waals surface area contributed by atoms with Crippen LogP contribution >= 0.6 is 0 Å². The second-order valence-corrected chi connectivity index (χ2v) is 24.5. The molecule has 0 atom stereocenters. The fourth-order valence-corrected chi connectivity index (χ4v) is 21.8. The van der Waals surface area contributed by atoms with E-state index in [4.69, 9.17) is 0 Å². The lowest BCUT2D eigenvalue weighted by Crippen LogP contribution is -2.39. The maximum atomic E-state index is 4.66. The zero-order chi connectivity index (χ0) is 41.9. The summed E-state index contributed by atoms with van der Waals surface area (Å²) < 4.78 is 0. The zero-order valence-corrected chi connectivity index (χ0v) is 36.5. The number of benzene rings is 4. The molecule has 0 amide bonds. The minimum Gasteiger partial charge on any atom is -0.244 e. The van der Waals surface area contributed by atoms with Gasteiger partial charge in [-0.05, 0) is 65.3 Å². The largest absolute Gasteiger partial charge is 0.244 e. The van der Waals surface area contributed by atoms with Gasteiger partial charge in [-0.25, -0.2) is 39.9 Å². The molecule has 10 heteroatoms. The van der Waals surface area contributed by atoms with Crippen LogP contribution in [0.2, 0.25) is 25.2 Å². The molecule has 0 spiro atoms. The summed E-state index contributed by atoms with van der Waals surface area (Å²) in [4.78, 5) is 37.3. The average Bonchev–Trinajstić information content (AvgIpc) is 3.79. The summed E-state index contributed by atoms with van der Waals surface area (Å²) in [5.74, 6) is 0. The molecule has 6 heterocycles. The normalized spacial score (nSPS) is 15.7. The Kier molecular flexibility index (Phi) is 10.4. The van der Waals surface area contributed by atoms with E-state index < -0.39 is 16.1 Å².